The number of carbonyl (C=O) groups excluding carboxylic acids is 9. The highest BCUT2D eigenvalue weighted by Gasteiger charge is 2.53. The van der Waals surface area contributed by atoms with Gasteiger partial charge in [-0.1, -0.05) is 55.2 Å². The van der Waals surface area contributed by atoms with E-state index in [-0.39, 0.29) is 42.7 Å². The predicted octanol–water partition coefficient (Wildman–Crippen LogP) is 2.05. The average molecular weight is 1810 g/mol. The van der Waals surface area contributed by atoms with Crippen molar-refractivity contribution in [2.45, 2.75) is 225 Å². The number of carboxylic acid groups (broad SMARTS) is 1. The molecule has 5 aromatic rings. The van der Waals surface area contributed by atoms with Gasteiger partial charge in [0.15, 0.2) is 64.8 Å². The van der Waals surface area contributed by atoms with E-state index in [1.165, 1.54) is 46.9 Å². The van der Waals surface area contributed by atoms with Crippen molar-refractivity contribution in [3.8, 4) is 57.1 Å². The van der Waals surface area contributed by atoms with Gasteiger partial charge in [0.1, 0.15) is 83.4 Å². The number of amides is 8. The van der Waals surface area contributed by atoms with E-state index in [1.54, 1.807) is 13.8 Å². The second-order valence-corrected chi connectivity index (χ2v) is 34.4. The number of nitrogens with one attached hydrogen (secondary N) is 8. The third kappa shape index (κ3) is 21.5. The summed E-state index contributed by atoms with van der Waals surface area (Å²) in [5.41, 5.74) is 11.7. The lowest BCUT2D eigenvalue weighted by molar-refractivity contribution is -0.333. The summed E-state index contributed by atoms with van der Waals surface area (Å²) < 4.78 is 81.1. The molecule has 3 saturated heterocycles. The lowest BCUT2D eigenvalue weighted by Crippen LogP contribution is -2.64. The molecule has 3 fully saturated rings. The molecular formula is C79H95Cl2N11O30P2. The summed E-state index contributed by atoms with van der Waals surface area (Å²) in [5.74, 6) is -19.1. The highest BCUT2D eigenvalue weighted by Crippen LogP contribution is 2.51. The molecule has 41 nitrogen and oxygen atoms in total. The number of carboxylic acids is 1. The number of rotatable bonds is 23. The molecule has 23 N–H and O–H groups in total. The van der Waals surface area contributed by atoms with E-state index in [0.717, 1.165) is 66.7 Å². The first-order valence-electron chi connectivity index (χ1n) is 39.0. The molecule has 0 radical (unpaired) electrons. The minimum atomic E-state index is -2.47. The van der Waals surface area contributed by atoms with Gasteiger partial charge in [-0.25, -0.2) is 4.79 Å². The largest absolute Gasteiger partial charge is 0.508 e. The van der Waals surface area contributed by atoms with Crippen molar-refractivity contribution < 1.29 is 146 Å². The fraction of sp³-hybridized carbons (Fsp3) is 0.494. The molecule has 0 saturated carbocycles. The lowest BCUT2D eigenvalue weighted by atomic mass is 9.86. The first-order chi connectivity index (χ1) is 58.5. The normalized spacial score (nSPS) is 30.1. The number of aliphatic hydroxyl groups excluding tert-OH is 5. The van der Waals surface area contributed by atoms with E-state index in [9.17, 15) is 79.1 Å². The fourth-order valence-electron chi connectivity index (χ4n) is 15.3. The Kier molecular flexibility index (Phi) is 30.2. The van der Waals surface area contributed by atoms with Crippen LogP contribution in [0, 0.1) is 5.92 Å². The van der Waals surface area contributed by atoms with E-state index < -0.39 is 325 Å². The zero-order chi connectivity index (χ0) is 90.6. The van der Waals surface area contributed by atoms with Gasteiger partial charge in [0.25, 0.3) is 0 Å². The third-order valence-electron chi connectivity index (χ3n) is 21.6. The zero-order valence-electron chi connectivity index (χ0n) is 67.3. The number of nitrogens with two attached hydrogens (primary N) is 3. The van der Waals surface area contributed by atoms with Gasteiger partial charge in [0.2, 0.25) is 59.3 Å². The van der Waals surface area contributed by atoms with Crippen molar-refractivity contribution in [1.82, 2.24) is 42.5 Å². The Morgan fingerprint density at radius 3 is 1.79 bits per heavy atom. The van der Waals surface area contributed by atoms with Gasteiger partial charge in [0.05, 0.1) is 53.5 Å². The van der Waals surface area contributed by atoms with Crippen molar-refractivity contribution in [2.24, 2.45) is 23.1 Å². The zero-order valence-corrected chi connectivity index (χ0v) is 70.6. The maximum atomic E-state index is 16.6. The minimum Gasteiger partial charge on any atom is -0.508 e. The topological polar surface area (TPSA) is 644 Å². The molecule has 8 heterocycles. The van der Waals surface area contributed by atoms with Gasteiger partial charge in [-0.05, 0) is 130 Å². The number of aliphatic carboxylic acids is 1. The minimum absolute atomic E-state index is 0.0969. The predicted molar refractivity (Wildman–Crippen MR) is 431 cm³/mol. The van der Waals surface area contributed by atoms with Crippen LogP contribution in [0.2, 0.25) is 10.0 Å². The molecule has 8 aliphatic heterocycles. The van der Waals surface area contributed by atoms with E-state index >= 15 is 24.0 Å². The van der Waals surface area contributed by atoms with E-state index in [2.05, 4.69) is 42.5 Å². The summed E-state index contributed by atoms with van der Waals surface area (Å²) in [6.45, 7) is 8.36. The molecular weight excluding hydrogens is 1720 g/mol. The maximum Gasteiger partial charge on any atom is 0.330 e. The van der Waals surface area contributed by atoms with Crippen LogP contribution in [0.5, 0.6) is 46.0 Å². The van der Waals surface area contributed by atoms with Gasteiger partial charge in [-0.2, -0.15) is 0 Å². The number of benzene rings is 5. The molecule has 0 aromatic heterocycles. The molecule has 8 aliphatic rings. The first-order valence-corrected chi connectivity index (χ1v) is 41.6. The Hall–Kier alpha value is -10.1. The monoisotopic (exact) mass is 1810 g/mol. The van der Waals surface area contributed by atoms with Gasteiger partial charge in [-0.15, -0.1) is 0 Å². The number of esters is 1. The average Bonchev–Trinajstić information content (AvgIpc) is 0.763. The molecule has 45 heteroatoms. The van der Waals surface area contributed by atoms with Gasteiger partial charge in [0, 0.05) is 59.5 Å². The summed E-state index contributed by atoms with van der Waals surface area (Å²) in [6.07, 6.45) is -25.1. The van der Waals surface area contributed by atoms with Gasteiger partial charge in [-0.3, -0.25) is 52.3 Å². The fourth-order valence-corrected chi connectivity index (χ4v) is 16.3. The summed E-state index contributed by atoms with van der Waals surface area (Å²) in [7, 11) is 0.0110. The number of hydrogen-bond acceptors (Lipinski definition) is 32. The SMILES string of the molecule is CN[C@H](CC(C)C)C(=O)N[C@H]1C(=O)N[C@@H](CC(N)=O)C(=O)N[C@H]2C(=O)N[C@H]3C(=O)N[C@H](C(=O)N[C@H](C(=O)O)c4cc(O)cc(O)c4-c4cc3ccc4O)[C@H](O[C@H]3C[C@](C)(N)[C@@H](O)[C@H](C)O3)c3ccc(c(Cl)c3)Oc3cc2cc(c3O[C@@H]2O[C@H](CO)[C@@H](O)[C@H](O)[C@H]2O[C@H]2C[C@](C)(N)[C@@H](O)[C@H](C)O2)Oc2ccc(cc2Cl)[C@H]1OC(=O)CCCC(=O)NC(P=O)P=O. The molecule has 0 spiro atoms. The molecule has 124 heavy (non-hydrogen) atoms. The Bertz CT molecular complexity index is 4930. The van der Waals surface area contributed by atoms with Crippen LogP contribution in [-0.2, 0) is 85.5 Å². The van der Waals surface area contributed by atoms with Crippen LogP contribution in [0.25, 0.3) is 11.1 Å². The number of phenolic OH excluding ortho intramolecular Hbond substituents is 3. The number of primary amides is 1. The van der Waals surface area contributed by atoms with Gasteiger partial charge >= 0.3 is 11.9 Å². The summed E-state index contributed by atoms with van der Waals surface area (Å²) in [4.78, 5) is 150. The van der Waals surface area contributed by atoms with Crippen molar-refractivity contribution in [1.29, 1.82) is 0 Å². The summed E-state index contributed by atoms with van der Waals surface area (Å²) in [5, 5.41) is 122. The number of aromatic hydroxyl groups is 3. The second kappa shape index (κ2) is 39.6. The molecule has 8 amide bonds. The standard InChI is InChI=1S/C79H95Cl2N11O30P2/c1-29(2)17-41(85-7)69(104)91-59-63(119-52(99)10-8-9-51(98)87-77(123-112)124-113)33-12-15-45(39(80)19-33)116-47-21-35-22-48(65(47)122-76-66(62(101)61(100)49(28-93)118-76)121-54-27-79(6,84)68(103)31(4)115-54)117-46-16-13-34(20-40(46)81)64(120-53-26-78(5,83)67(102)30(3)114-53)60-74(109)90-58(75(110)111)38-23-36(94)24-44(96)55(38)37-18-32(11-14-43(37)95)56(71(106)92-60)89-72(107)57(35)88-70(105)42(25-50(82)97)86-73(59)108/h11-16,18-24,29-31,41-42,49,53-54,56-64,66-68,76-77,85,93-96,100-103H,8-10,17,25-28,83-84H2,1-7H3,(H2,82,97)(H,86,108)(H,87,98)(H,88,105)(H,89,107)(H,90,109)(H,91,104)(H,92,106)(H,110,111)/t30-,31-,41+,42-,49+,53-,54-,56+,57+,58-,59+,60-,61+,62-,63+,64+,66+,67-,68-,76-,78-,79-/m0/s1. The van der Waals surface area contributed by atoms with Gasteiger partial charge < -0.3 is 148 Å². The number of phenols is 3. The second-order valence-electron chi connectivity index (χ2n) is 31.7. The van der Waals surface area contributed by atoms with Crippen LogP contribution >= 0.6 is 40.1 Å². The Balaban J connectivity index is 1.19. The Morgan fingerprint density at radius 2 is 1.23 bits per heavy atom. The van der Waals surface area contributed by atoms with E-state index in [4.69, 9.17) is 83.0 Å². The number of hydrogen-bond donors (Lipinski definition) is 20. The molecule has 5 aromatic carbocycles. The Morgan fingerprint density at radius 1 is 0.661 bits per heavy atom. The van der Waals surface area contributed by atoms with Crippen molar-refractivity contribution in [2.75, 3.05) is 13.7 Å². The summed E-state index contributed by atoms with van der Waals surface area (Å²) in [6, 6.07) is -1.55. The van der Waals surface area contributed by atoms with Crippen molar-refractivity contribution in [3.63, 3.8) is 0 Å². The van der Waals surface area contributed by atoms with Crippen molar-refractivity contribution >= 4 is 99.3 Å². The first kappa shape index (κ1) is 94.5. The van der Waals surface area contributed by atoms with Crippen LogP contribution in [0.4, 0.5) is 0 Å². The van der Waals surface area contributed by atoms with Crippen molar-refractivity contribution in [3.05, 3.63) is 117 Å². The molecule has 0 aliphatic carbocycles. The highest BCUT2D eigenvalue weighted by atomic mass is 35.5. The lowest BCUT2D eigenvalue weighted by Gasteiger charge is -2.47. The molecule has 11 bridgehead atoms. The smallest absolute Gasteiger partial charge is 0.330 e. The van der Waals surface area contributed by atoms with Crippen LogP contribution in [0.3, 0.4) is 0 Å². The van der Waals surface area contributed by atoms with E-state index in [1.807, 2.05) is 0 Å². The number of fused-ring (bicyclic) bond motifs is 15. The number of likely N-dealkylation sites (N-methyl/N-ethyl adjacent to an activating group) is 1. The maximum absolute atomic E-state index is 16.6. The number of carbonyl (C=O) groups is 10. The third-order valence-corrected chi connectivity index (χ3v) is 23.5. The number of ether oxygens (including phenoxy) is 9. The molecule has 0 unspecified atom stereocenters. The summed E-state index contributed by atoms with van der Waals surface area (Å²) >= 11 is 14.7. The van der Waals surface area contributed by atoms with E-state index in [0.29, 0.717) is 0 Å². The quantitative estimate of drug-likeness (QED) is 0.0329. The Labute approximate surface area is 720 Å². The molecule has 670 valence electrons. The van der Waals surface area contributed by atoms with Crippen LogP contribution in [0.15, 0.2) is 78.9 Å². The van der Waals surface area contributed by atoms with Crippen LogP contribution < -0.4 is 73.9 Å². The van der Waals surface area contributed by atoms with Crippen LogP contribution in [0.1, 0.15) is 145 Å². The van der Waals surface area contributed by atoms with Crippen LogP contribution in [-0.4, -0.2) is 227 Å². The number of halogens is 2. The number of aliphatic hydroxyl groups is 5. The molecule has 13 rings (SSSR count). The highest BCUT2D eigenvalue weighted by molar-refractivity contribution is 7.44. The molecule has 22 atom stereocenters.